The molecule has 1 aromatic carbocycles. The summed E-state index contributed by atoms with van der Waals surface area (Å²) in [5, 5.41) is 16.5. The van der Waals surface area contributed by atoms with Crippen molar-refractivity contribution in [2.24, 2.45) is 0 Å². The number of carboxylic acid groups (broad SMARTS) is 1. The number of pyridine rings is 1. The minimum absolute atomic E-state index is 0.250. The zero-order valence-corrected chi connectivity index (χ0v) is 7.79. The van der Waals surface area contributed by atoms with E-state index in [1.54, 1.807) is 6.20 Å². The van der Waals surface area contributed by atoms with Gasteiger partial charge in [0.05, 0.1) is 11.1 Å². The Hall–Kier alpha value is -2.41. The van der Waals surface area contributed by atoms with Crippen molar-refractivity contribution >= 4 is 17.4 Å². The number of hydrogen-bond donors (Lipinski definition) is 1. The average molecular weight is 200 g/mol. The number of nitrogens with zero attached hydrogens (tertiary/aromatic N) is 2. The topological polar surface area (TPSA) is 74.0 Å². The van der Waals surface area contributed by atoms with E-state index in [4.69, 9.17) is 15.2 Å². The van der Waals surface area contributed by atoms with Crippen molar-refractivity contribution in [1.29, 1.82) is 5.26 Å². The molecule has 0 spiro atoms. The van der Waals surface area contributed by atoms with Gasteiger partial charge in [-0.05, 0) is 12.1 Å². The molecule has 0 aliphatic rings. The molecular formula is C11H8N2O2. The Bertz CT molecular complexity index is 503. The lowest BCUT2D eigenvalue weighted by atomic mass is 10.2. The molecule has 0 bridgehead atoms. The van der Waals surface area contributed by atoms with Crippen LogP contribution in [0.4, 0.5) is 0 Å². The third kappa shape index (κ3) is 2.78. The Morgan fingerprint density at radius 3 is 2.73 bits per heavy atom. The summed E-state index contributed by atoms with van der Waals surface area (Å²) in [6.45, 7) is -0.250. The molecule has 4 nitrogen and oxygen atoms in total. The zero-order valence-electron chi connectivity index (χ0n) is 7.79. The van der Waals surface area contributed by atoms with Gasteiger partial charge in [-0.15, -0.1) is 0 Å². The minimum Gasteiger partial charge on any atom is -0.483 e. The quantitative estimate of drug-likeness (QED) is 0.658. The third-order valence-corrected chi connectivity index (χ3v) is 1.72. The molecule has 0 fully saturated rings. The van der Waals surface area contributed by atoms with Gasteiger partial charge in [0.1, 0.15) is 6.07 Å². The van der Waals surface area contributed by atoms with E-state index in [1.807, 2.05) is 30.3 Å². The van der Waals surface area contributed by atoms with Crippen LogP contribution in [0.2, 0.25) is 0 Å². The van der Waals surface area contributed by atoms with Crippen LogP contribution < -0.4 is 0 Å². The van der Waals surface area contributed by atoms with E-state index in [2.05, 4.69) is 11.1 Å². The fraction of sp³-hybridized carbons (Fsp3) is 0. The maximum atomic E-state index is 8.61. The molecule has 0 unspecified atom stereocenters. The van der Waals surface area contributed by atoms with Gasteiger partial charge in [0.2, 0.25) is 0 Å². The number of carbonyl (C=O) groups is 1. The van der Waals surface area contributed by atoms with Gasteiger partial charge >= 0.3 is 0 Å². The number of rotatable bonds is 0. The van der Waals surface area contributed by atoms with Crippen molar-refractivity contribution in [2.45, 2.75) is 0 Å². The Morgan fingerprint density at radius 1 is 1.40 bits per heavy atom. The first-order valence-electron chi connectivity index (χ1n) is 4.14. The van der Waals surface area contributed by atoms with E-state index in [9.17, 15) is 0 Å². The van der Waals surface area contributed by atoms with Crippen LogP contribution in [-0.2, 0) is 4.79 Å². The van der Waals surface area contributed by atoms with Crippen LogP contribution in [0.15, 0.2) is 36.5 Å². The van der Waals surface area contributed by atoms with Gasteiger partial charge in [-0.25, -0.2) is 0 Å². The second kappa shape index (κ2) is 5.35. The molecule has 1 aromatic heterocycles. The van der Waals surface area contributed by atoms with Crippen LogP contribution in [0.1, 0.15) is 5.56 Å². The first-order valence-corrected chi connectivity index (χ1v) is 4.14. The van der Waals surface area contributed by atoms with Crippen molar-refractivity contribution in [3.63, 3.8) is 0 Å². The van der Waals surface area contributed by atoms with Gasteiger partial charge in [-0.2, -0.15) is 5.26 Å². The van der Waals surface area contributed by atoms with Gasteiger partial charge in [0.15, 0.2) is 0 Å². The van der Waals surface area contributed by atoms with Crippen LogP contribution in [0.3, 0.4) is 0 Å². The number of fused-ring (bicyclic) bond motifs is 1. The summed E-state index contributed by atoms with van der Waals surface area (Å²) >= 11 is 0. The summed E-state index contributed by atoms with van der Waals surface area (Å²) in [5.41, 5.74) is 1.53. The van der Waals surface area contributed by atoms with E-state index in [1.165, 1.54) is 0 Å². The Labute approximate surface area is 86.4 Å². The highest BCUT2D eigenvalue weighted by atomic mass is 16.3. The van der Waals surface area contributed by atoms with Gasteiger partial charge in [0, 0.05) is 11.6 Å². The summed E-state index contributed by atoms with van der Waals surface area (Å²) in [4.78, 5) is 12.5. The molecule has 0 amide bonds. The lowest BCUT2D eigenvalue weighted by Gasteiger charge is -1.94. The summed E-state index contributed by atoms with van der Waals surface area (Å²) < 4.78 is 0. The predicted molar refractivity (Wildman–Crippen MR) is 55.2 cm³/mol. The summed E-state index contributed by atoms with van der Waals surface area (Å²) in [5.74, 6) is 0. The van der Waals surface area contributed by atoms with Crippen LogP contribution in [0.5, 0.6) is 0 Å². The molecule has 15 heavy (non-hydrogen) atoms. The Morgan fingerprint density at radius 2 is 2.07 bits per heavy atom. The lowest BCUT2D eigenvalue weighted by molar-refractivity contribution is -0.122. The number of nitriles is 1. The monoisotopic (exact) mass is 200 g/mol. The molecule has 0 saturated heterocycles. The van der Waals surface area contributed by atoms with Crippen molar-refractivity contribution in [3.8, 4) is 6.07 Å². The SMILES string of the molecule is N#Cc1cnc2ccccc2c1.O=CO. The molecule has 0 aliphatic carbocycles. The van der Waals surface area contributed by atoms with Crippen LogP contribution in [0.25, 0.3) is 10.9 Å². The molecule has 2 rings (SSSR count). The normalized spacial score (nSPS) is 8.47. The maximum absolute atomic E-state index is 8.61. The fourth-order valence-electron chi connectivity index (χ4n) is 1.13. The van der Waals surface area contributed by atoms with Crippen molar-refractivity contribution in [1.82, 2.24) is 4.98 Å². The number of para-hydroxylation sites is 1. The van der Waals surface area contributed by atoms with Crippen LogP contribution in [-0.4, -0.2) is 16.6 Å². The molecule has 0 saturated carbocycles. The first-order chi connectivity index (χ1) is 7.31. The van der Waals surface area contributed by atoms with Crippen molar-refractivity contribution in [2.75, 3.05) is 0 Å². The number of aromatic nitrogens is 1. The fourth-order valence-corrected chi connectivity index (χ4v) is 1.13. The summed E-state index contributed by atoms with van der Waals surface area (Å²) in [6, 6.07) is 11.6. The third-order valence-electron chi connectivity index (χ3n) is 1.72. The minimum atomic E-state index is -0.250. The number of benzene rings is 1. The lowest BCUT2D eigenvalue weighted by Crippen LogP contribution is -1.80. The van der Waals surface area contributed by atoms with E-state index in [0.717, 1.165) is 10.9 Å². The number of hydrogen-bond acceptors (Lipinski definition) is 3. The highest BCUT2D eigenvalue weighted by molar-refractivity contribution is 5.79. The van der Waals surface area contributed by atoms with Crippen LogP contribution >= 0.6 is 0 Å². The average Bonchev–Trinajstić information content (AvgIpc) is 2.29. The molecule has 0 atom stereocenters. The Balaban J connectivity index is 0.000000337. The highest BCUT2D eigenvalue weighted by Crippen LogP contribution is 2.11. The predicted octanol–water partition coefficient (Wildman–Crippen LogP) is 1.81. The molecule has 0 aliphatic heterocycles. The second-order valence-corrected chi connectivity index (χ2v) is 2.63. The van der Waals surface area contributed by atoms with Gasteiger partial charge in [-0.1, -0.05) is 18.2 Å². The molecule has 4 heteroatoms. The van der Waals surface area contributed by atoms with E-state index < -0.39 is 0 Å². The second-order valence-electron chi connectivity index (χ2n) is 2.63. The summed E-state index contributed by atoms with van der Waals surface area (Å²) in [6.07, 6.45) is 1.59. The van der Waals surface area contributed by atoms with E-state index in [-0.39, 0.29) is 6.47 Å². The van der Waals surface area contributed by atoms with Crippen LogP contribution in [0, 0.1) is 11.3 Å². The van der Waals surface area contributed by atoms with Gasteiger partial charge < -0.3 is 5.11 Å². The summed E-state index contributed by atoms with van der Waals surface area (Å²) in [7, 11) is 0. The smallest absolute Gasteiger partial charge is 0.290 e. The Kier molecular flexibility index (Phi) is 3.80. The largest absolute Gasteiger partial charge is 0.483 e. The van der Waals surface area contributed by atoms with E-state index in [0.29, 0.717) is 5.56 Å². The van der Waals surface area contributed by atoms with Crippen molar-refractivity contribution < 1.29 is 9.90 Å². The zero-order chi connectivity index (χ0) is 11.1. The molecular weight excluding hydrogens is 192 g/mol. The molecule has 0 radical (unpaired) electrons. The van der Waals surface area contributed by atoms with Gasteiger partial charge in [0.25, 0.3) is 6.47 Å². The maximum Gasteiger partial charge on any atom is 0.290 e. The standard InChI is InChI=1S/C10H6N2.CH2O2/c11-6-8-5-9-3-1-2-4-10(9)12-7-8;2-1-3/h1-5,7H;1H,(H,2,3). The molecule has 1 heterocycles. The molecule has 2 aromatic rings. The molecule has 74 valence electrons. The van der Waals surface area contributed by atoms with Crippen molar-refractivity contribution in [3.05, 3.63) is 42.1 Å². The molecule has 1 N–H and O–H groups in total. The van der Waals surface area contributed by atoms with Gasteiger partial charge in [-0.3, -0.25) is 9.78 Å². The van der Waals surface area contributed by atoms with E-state index >= 15 is 0 Å². The first kappa shape index (κ1) is 10.7. The highest BCUT2D eigenvalue weighted by Gasteiger charge is 1.94.